The Labute approximate surface area is 183 Å². The molecule has 0 saturated carbocycles. The van der Waals surface area contributed by atoms with Crippen LogP contribution in [0.25, 0.3) is 0 Å². The van der Waals surface area contributed by atoms with Gasteiger partial charge in [0.1, 0.15) is 17.2 Å². The molecule has 3 aromatic carbocycles. The smallest absolute Gasteiger partial charge is 0.314 e. The summed E-state index contributed by atoms with van der Waals surface area (Å²) < 4.78 is 21.6. The third-order valence-corrected chi connectivity index (χ3v) is 5.28. The molecule has 5 nitrogen and oxygen atoms in total. The van der Waals surface area contributed by atoms with Gasteiger partial charge in [-0.05, 0) is 60.0 Å². The van der Waals surface area contributed by atoms with Crippen molar-refractivity contribution in [2.75, 3.05) is 27.9 Å². The van der Waals surface area contributed by atoms with E-state index in [4.69, 9.17) is 18.9 Å². The highest BCUT2D eigenvalue weighted by Crippen LogP contribution is 2.41. The van der Waals surface area contributed by atoms with E-state index in [0.29, 0.717) is 12.4 Å². The first kappa shape index (κ1) is 22.2. The van der Waals surface area contributed by atoms with Crippen LogP contribution in [0.2, 0.25) is 0 Å². The lowest BCUT2D eigenvalue weighted by atomic mass is 9.77. The number of rotatable bonds is 9. The number of carbonyl (C=O) groups excluding carboxylic acids is 1. The van der Waals surface area contributed by atoms with Crippen LogP contribution < -0.4 is 14.2 Å². The van der Waals surface area contributed by atoms with Gasteiger partial charge in [-0.1, -0.05) is 36.4 Å². The Balaban J connectivity index is 2.18. The quantitative estimate of drug-likeness (QED) is 0.446. The summed E-state index contributed by atoms with van der Waals surface area (Å²) in [5.41, 5.74) is 2.79. The molecule has 0 fully saturated rings. The summed E-state index contributed by atoms with van der Waals surface area (Å²) in [4.78, 5) is 13.3. The second-order valence-corrected chi connectivity index (χ2v) is 7.03. The van der Waals surface area contributed by atoms with Crippen molar-refractivity contribution in [1.82, 2.24) is 0 Å². The van der Waals surface area contributed by atoms with E-state index in [-0.39, 0.29) is 11.9 Å². The molecule has 0 radical (unpaired) electrons. The van der Waals surface area contributed by atoms with Gasteiger partial charge < -0.3 is 18.9 Å². The molecule has 0 amide bonds. The van der Waals surface area contributed by atoms with Crippen LogP contribution in [-0.4, -0.2) is 33.9 Å². The van der Waals surface area contributed by atoms with E-state index < -0.39 is 5.92 Å². The first-order valence-electron chi connectivity index (χ1n) is 10.2. The number of hydrogen-bond donors (Lipinski definition) is 0. The largest absolute Gasteiger partial charge is 0.497 e. The fourth-order valence-electron chi connectivity index (χ4n) is 3.73. The Hall–Kier alpha value is -3.47. The van der Waals surface area contributed by atoms with Gasteiger partial charge in [-0.3, -0.25) is 4.79 Å². The molecule has 0 bridgehead atoms. The van der Waals surface area contributed by atoms with Gasteiger partial charge in [0.25, 0.3) is 0 Å². The second-order valence-electron chi connectivity index (χ2n) is 7.03. The van der Waals surface area contributed by atoms with E-state index in [1.807, 2.05) is 79.7 Å². The van der Waals surface area contributed by atoms with Gasteiger partial charge in [0.2, 0.25) is 0 Å². The van der Waals surface area contributed by atoms with E-state index >= 15 is 0 Å². The monoisotopic (exact) mass is 420 g/mol. The van der Waals surface area contributed by atoms with Crippen LogP contribution in [0.15, 0.2) is 72.8 Å². The highest BCUT2D eigenvalue weighted by Gasteiger charge is 2.34. The minimum atomic E-state index is -0.558. The molecule has 31 heavy (non-hydrogen) atoms. The Kier molecular flexibility index (Phi) is 7.55. The normalized spacial score (nSPS) is 11.6. The Morgan fingerprint density at radius 2 is 1.23 bits per heavy atom. The van der Waals surface area contributed by atoms with Gasteiger partial charge in [0, 0.05) is 5.92 Å². The molecule has 3 aromatic rings. The second kappa shape index (κ2) is 10.5. The lowest BCUT2D eigenvalue weighted by Gasteiger charge is -2.27. The van der Waals surface area contributed by atoms with E-state index in [0.717, 1.165) is 28.2 Å². The van der Waals surface area contributed by atoms with Gasteiger partial charge in [-0.25, -0.2) is 0 Å². The maximum atomic E-state index is 13.3. The molecule has 0 saturated heterocycles. The first-order valence-corrected chi connectivity index (χ1v) is 10.2. The fraction of sp³-hybridized carbons (Fsp3) is 0.269. The average Bonchev–Trinajstić information content (AvgIpc) is 2.83. The van der Waals surface area contributed by atoms with Crippen LogP contribution >= 0.6 is 0 Å². The van der Waals surface area contributed by atoms with Gasteiger partial charge in [0.15, 0.2) is 0 Å². The molecule has 0 heterocycles. The van der Waals surface area contributed by atoms with Crippen LogP contribution in [0.5, 0.6) is 17.2 Å². The van der Waals surface area contributed by atoms with E-state index in [1.54, 1.807) is 21.3 Å². The maximum Gasteiger partial charge on any atom is 0.314 e. The van der Waals surface area contributed by atoms with Gasteiger partial charge in [-0.15, -0.1) is 0 Å². The third-order valence-electron chi connectivity index (χ3n) is 5.28. The van der Waals surface area contributed by atoms with Crippen molar-refractivity contribution in [3.63, 3.8) is 0 Å². The van der Waals surface area contributed by atoms with E-state index in [9.17, 15) is 4.79 Å². The zero-order valence-corrected chi connectivity index (χ0v) is 18.3. The lowest BCUT2D eigenvalue weighted by molar-refractivity contribution is -0.145. The fourth-order valence-corrected chi connectivity index (χ4v) is 3.73. The molecule has 1 atom stereocenters. The highest BCUT2D eigenvalue weighted by molar-refractivity contribution is 5.81. The van der Waals surface area contributed by atoms with Gasteiger partial charge in [0.05, 0.1) is 33.9 Å². The Bertz CT molecular complexity index is 932. The van der Waals surface area contributed by atoms with Crippen molar-refractivity contribution in [2.24, 2.45) is 0 Å². The number of benzene rings is 3. The standard InChI is InChI=1S/C26H28O5/c1-5-31-26(27)25(20-7-6-8-23(17-20)30-4)24(18-9-13-21(28-2)14-10-18)19-11-15-22(29-3)16-12-19/h6-17,24-25H,5H2,1-4H3. The molecule has 162 valence electrons. The molecular weight excluding hydrogens is 392 g/mol. The van der Waals surface area contributed by atoms with Crippen molar-refractivity contribution in [1.29, 1.82) is 0 Å². The topological polar surface area (TPSA) is 54.0 Å². The molecule has 0 aromatic heterocycles. The maximum absolute atomic E-state index is 13.3. The zero-order chi connectivity index (χ0) is 22.2. The van der Waals surface area contributed by atoms with Crippen LogP contribution in [0, 0.1) is 0 Å². The number of esters is 1. The zero-order valence-electron chi connectivity index (χ0n) is 18.3. The van der Waals surface area contributed by atoms with Crippen molar-refractivity contribution in [3.05, 3.63) is 89.5 Å². The Morgan fingerprint density at radius 1 is 0.710 bits per heavy atom. The average molecular weight is 421 g/mol. The van der Waals surface area contributed by atoms with Gasteiger partial charge >= 0.3 is 5.97 Å². The first-order chi connectivity index (χ1) is 15.1. The molecule has 0 N–H and O–H groups in total. The summed E-state index contributed by atoms with van der Waals surface area (Å²) in [6, 6.07) is 23.1. The summed E-state index contributed by atoms with van der Waals surface area (Å²) in [6.45, 7) is 2.12. The summed E-state index contributed by atoms with van der Waals surface area (Å²) in [5.74, 6) is 1.08. The van der Waals surface area contributed by atoms with Crippen LogP contribution in [0.4, 0.5) is 0 Å². The van der Waals surface area contributed by atoms with E-state index in [1.165, 1.54) is 0 Å². The number of methoxy groups -OCH3 is 3. The van der Waals surface area contributed by atoms with Crippen LogP contribution in [-0.2, 0) is 9.53 Å². The summed E-state index contributed by atoms with van der Waals surface area (Å²) in [6.07, 6.45) is 0. The summed E-state index contributed by atoms with van der Waals surface area (Å²) in [5, 5.41) is 0. The molecule has 0 aliphatic carbocycles. The molecule has 5 heteroatoms. The highest BCUT2D eigenvalue weighted by atomic mass is 16.5. The molecule has 1 unspecified atom stereocenters. The van der Waals surface area contributed by atoms with Crippen molar-refractivity contribution >= 4 is 5.97 Å². The minimum absolute atomic E-state index is 0.275. The predicted molar refractivity (Wildman–Crippen MR) is 120 cm³/mol. The van der Waals surface area contributed by atoms with Crippen molar-refractivity contribution in [2.45, 2.75) is 18.8 Å². The molecule has 0 aliphatic rings. The third kappa shape index (κ3) is 5.18. The van der Waals surface area contributed by atoms with Crippen molar-refractivity contribution in [3.8, 4) is 17.2 Å². The lowest BCUT2D eigenvalue weighted by Crippen LogP contribution is -2.24. The number of ether oxygens (including phenoxy) is 4. The summed E-state index contributed by atoms with van der Waals surface area (Å²) >= 11 is 0. The van der Waals surface area contributed by atoms with Gasteiger partial charge in [-0.2, -0.15) is 0 Å². The minimum Gasteiger partial charge on any atom is -0.497 e. The van der Waals surface area contributed by atoms with Crippen LogP contribution in [0.1, 0.15) is 35.4 Å². The van der Waals surface area contributed by atoms with E-state index in [2.05, 4.69) is 0 Å². The molecule has 3 rings (SSSR count). The molecule has 0 aliphatic heterocycles. The number of hydrogen-bond acceptors (Lipinski definition) is 5. The predicted octanol–water partition coefficient (Wildman–Crippen LogP) is 5.19. The van der Waals surface area contributed by atoms with Crippen molar-refractivity contribution < 1.29 is 23.7 Å². The Morgan fingerprint density at radius 3 is 1.68 bits per heavy atom. The SMILES string of the molecule is CCOC(=O)C(c1cccc(OC)c1)C(c1ccc(OC)cc1)c1ccc(OC)cc1. The van der Waals surface area contributed by atoms with Crippen LogP contribution in [0.3, 0.4) is 0 Å². The number of carbonyl (C=O) groups is 1. The summed E-state index contributed by atoms with van der Waals surface area (Å²) in [7, 11) is 4.88. The molecule has 0 spiro atoms. The molecular formula is C26H28O5.